The van der Waals surface area contributed by atoms with Gasteiger partial charge in [0.25, 0.3) is 5.91 Å². The monoisotopic (exact) mass is 472 g/mol. The molecular formula is C27H25FN4O3. The van der Waals surface area contributed by atoms with Crippen LogP contribution in [0.3, 0.4) is 0 Å². The molecule has 4 aromatic rings. The van der Waals surface area contributed by atoms with E-state index in [4.69, 9.17) is 4.42 Å². The van der Waals surface area contributed by atoms with E-state index in [1.165, 1.54) is 19.1 Å². The molecule has 0 atom stereocenters. The van der Waals surface area contributed by atoms with E-state index in [2.05, 4.69) is 20.2 Å². The number of hydrogen-bond acceptors (Lipinski definition) is 4. The fourth-order valence-electron chi connectivity index (χ4n) is 4.50. The molecule has 2 N–H and O–H groups in total. The van der Waals surface area contributed by atoms with Crippen LogP contribution in [0.2, 0.25) is 0 Å². The first kappa shape index (κ1) is 22.6. The molecule has 8 heteroatoms. The first-order valence-corrected chi connectivity index (χ1v) is 11.6. The molecule has 5 rings (SSSR count). The maximum Gasteiger partial charge on any atom is 0.291 e. The number of aromatic nitrogens is 2. The summed E-state index contributed by atoms with van der Waals surface area (Å²) in [5.74, 6) is -0.178. The molecule has 178 valence electrons. The molecule has 7 nitrogen and oxygen atoms in total. The van der Waals surface area contributed by atoms with Gasteiger partial charge in [0, 0.05) is 29.9 Å². The fourth-order valence-corrected chi connectivity index (χ4v) is 4.50. The summed E-state index contributed by atoms with van der Waals surface area (Å²) in [6.07, 6.45) is 6.22. The number of nitrogens with one attached hydrogen (secondary N) is 2. The summed E-state index contributed by atoms with van der Waals surface area (Å²) in [6.45, 7) is 1.43. The summed E-state index contributed by atoms with van der Waals surface area (Å²) in [6, 6.07) is 16.7. The van der Waals surface area contributed by atoms with Crippen LogP contribution in [0.5, 0.6) is 0 Å². The zero-order valence-corrected chi connectivity index (χ0v) is 19.3. The Hall–Kier alpha value is -4.20. The van der Waals surface area contributed by atoms with Crippen LogP contribution in [0.25, 0.3) is 22.7 Å². The zero-order chi connectivity index (χ0) is 24.4. The lowest BCUT2D eigenvalue weighted by molar-refractivity contribution is -0.114. The van der Waals surface area contributed by atoms with Crippen LogP contribution in [0.1, 0.15) is 49.2 Å². The Morgan fingerprint density at radius 1 is 0.943 bits per heavy atom. The van der Waals surface area contributed by atoms with Crippen LogP contribution in [0.15, 0.2) is 71.4 Å². The van der Waals surface area contributed by atoms with E-state index < -0.39 is 5.91 Å². The summed E-state index contributed by atoms with van der Waals surface area (Å²) in [5.41, 5.74) is 3.46. The first-order valence-electron chi connectivity index (χ1n) is 11.6. The number of carbonyl (C=O) groups is 2. The van der Waals surface area contributed by atoms with Crippen molar-refractivity contribution in [2.24, 2.45) is 0 Å². The van der Waals surface area contributed by atoms with Gasteiger partial charge in [0.15, 0.2) is 11.5 Å². The van der Waals surface area contributed by atoms with E-state index in [-0.39, 0.29) is 17.5 Å². The van der Waals surface area contributed by atoms with Crippen molar-refractivity contribution in [2.45, 2.75) is 38.6 Å². The molecule has 0 radical (unpaired) electrons. The van der Waals surface area contributed by atoms with Gasteiger partial charge >= 0.3 is 0 Å². The normalized spacial score (nSPS) is 13.7. The number of anilines is 2. The summed E-state index contributed by atoms with van der Waals surface area (Å²) >= 11 is 0. The number of carbonyl (C=O) groups excluding carboxylic acids is 2. The predicted octanol–water partition coefficient (Wildman–Crippen LogP) is 6.28. The van der Waals surface area contributed by atoms with Crippen molar-refractivity contribution in [3.8, 4) is 22.7 Å². The maximum absolute atomic E-state index is 13.5. The van der Waals surface area contributed by atoms with E-state index >= 15 is 0 Å². The Morgan fingerprint density at radius 3 is 2.26 bits per heavy atom. The van der Waals surface area contributed by atoms with Crippen LogP contribution in [-0.2, 0) is 4.79 Å². The van der Waals surface area contributed by atoms with Crippen molar-refractivity contribution in [2.75, 3.05) is 10.6 Å². The van der Waals surface area contributed by atoms with Crippen molar-refractivity contribution in [1.82, 2.24) is 9.55 Å². The van der Waals surface area contributed by atoms with Crippen LogP contribution in [0.4, 0.5) is 15.8 Å². The van der Waals surface area contributed by atoms with Crippen molar-refractivity contribution in [3.05, 3.63) is 78.6 Å². The minimum absolute atomic E-state index is 0.162. The largest absolute Gasteiger partial charge is 0.449 e. The maximum atomic E-state index is 13.5. The van der Waals surface area contributed by atoms with Crippen LogP contribution in [-0.4, -0.2) is 21.4 Å². The molecule has 2 aromatic heterocycles. The predicted molar refractivity (Wildman–Crippen MR) is 132 cm³/mol. The lowest BCUT2D eigenvalue weighted by atomic mass is 10.1. The quantitative estimate of drug-likeness (QED) is 0.346. The second-order valence-electron chi connectivity index (χ2n) is 8.67. The molecule has 0 aliphatic heterocycles. The number of amides is 2. The Morgan fingerprint density at radius 2 is 1.60 bits per heavy atom. The number of imidazole rings is 1. The molecule has 1 fully saturated rings. The lowest BCUT2D eigenvalue weighted by Gasteiger charge is -2.15. The van der Waals surface area contributed by atoms with E-state index in [1.807, 2.05) is 6.33 Å². The van der Waals surface area contributed by atoms with Crippen molar-refractivity contribution in [1.29, 1.82) is 0 Å². The Kier molecular flexibility index (Phi) is 6.18. The highest BCUT2D eigenvalue weighted by atomic mass is 19.1. The molecule has 2 heterocycles. The topological polar surface area (TPSA) is 89.2 Å². The summed E-state index contributed by atoms with van der Waals surface area (Å²) < 4.78 is 21.7. The van der Waals surface area contributed by atoms with Gasteiger partial charge in [-0.2, -0.15) is 0 Å². The Balaban J connectivity index is 1.43. The van der Waals surface area contributed by atoms with Crippen molar-refractivity contribution >= 4 is 23.2 Å². The number of benzene rings is 2. The second-order valence-corrected chi connectivity index (χ2v) is 8.67. The Labute approximate surface area is 202 Å². The minimum atomic E-state index is -0.390. The van der Waals surface area contributed by atoms with Gasteiger partial charge in [0.05, 0.1) is 12.0 Å². The molecule has 0 unspecified atom stereocenters. The molecule has 1 saturated carbocycles. The third-order valence-electron chi connectivity index (χ3n) is 6.16. The van der Waals surface area contributed by atoms with Gasteiger partial charge < -0.3 is 19.6 Å². The van der Waals surface area contributed by atoms with Gasteiger partial charge in [-0.3, -0.25) is 9.59 Å². The van der Waals surface area contributed by atoms with E-state index in [1.54, 1.807) is 48.5 Å². The Bertz CT molecular complexity index is 1350. The number of rotatable bonds is 6. The van der Waals surface area contributed by atoms with Crippen LogP contribution >= 0.6 is 0 Å². The molecule has 1 aliphatic rings. The molecule has 1 aliphatic carbocycles. The van der Waals surface area contributed by atoms with E-state index in [9.17, 15) is 14.0 Å². The molecule has 0 bridgehead atoms. The average Bonchev–Trinajstić information content (AvgIpc) is 3.60. The highest BCUT2D eigenvalue weighted by molar-refractivity contribution is 6.02. The second kappa shape index (κ2) is 9.58. The van der Waals surface area contributed by atoms with Gasteiger partial charge in [-0.15, -0.1) is 0 Å². The average molecular weight is 473 g/mol. The van der Waals surface area contributed by atoms with Gasteiger partial charge in [-0.25, -0.2) is 9.37 Å². The molecular weight excluding hydrogens is 447 g/mol. The van der Waals surface area contributed by atoms with Crippen LogP contribution < -0.4 is 10.6 Å². The lowest BCUT2D eigenvalue weighted by Crippen LogP contribution is -2.11. The van der Waals surface area contributed by atoms with E-state index in [0.29, 0.717) is 28.9 Å². The highest BCUT2D eigenvalue weighted by Gasteiger charge is 2.26. The third kappa shape index (κ3) is 4.87. The molecule has 35 heavy (non-hydrogen) atoms. The number of halogens is 1. The molecule has 2 aromatic carbocycles. The fraction of sp³-hybridized carbons (Fsp3) is 0.222. The first-order chi connectivity index (χ1) is 17.0. The zero-order valence-electron chi connectivity index (χ0n) is 19.3. The molecule has 2 amide bonds. The van der Waals surface area contributed by atoms with E-state index in [0.717, 1.165) is 36.9 Å². The summed E-state index contributed by atoms with van der Waals surface area (Å²) in [4.78, 5) is 28.7. The summed E-state index contributed by atoms with van der Waals surface area (Å²) in [7, 11) is 0. The third-order valence-corrected chi connectivity index (χ3v) is 6.16. The number of hydrogen-bond donors (Lipinski definition) is 2. The van der Waals surface area contributed by atoms with Gasteiger partial charge in [-0.05, 0) is 73.5 Å². The minimum Gasteiger partial charge on any atom is -0.449 e. The highest BCUT2D eigenvalue weighted by Crippen LogP contribution is 2.39. The van der Waals surface area contributed by atoms with Crippen molar-refractivity contribution in [3.63, 3.8) is 0 Å². The van der Waals surface area contributed by atoms with Crippen molar-refractivity contribution < 1.29 is 18.4 Å². The standard InChI is InChI=1S/C27H25FN4O3/c1-17(33)30-20-10-12-21(13-11-20)31-27(34)24-15-14-23(35-24)26-25(18-6-8-19(28)9-7-18)29-16-32(26)22-4-2-3-5-22/h6-16,22H,2-5H2,1H3,(H,30,33)(H,31,34). The molecule has 0 saturated heterocycles. The van der Waals surface area contributed by atoms with Gasteiger partial charge in [0.2, 0.25) is 5.91 Å². The van der Waals surface area contributed by atoms with Gasteiger partial charge in [-0.1, -0.05) is 12.8 Å². The molecule has 0 spiro atoms. The van der Waals surface area contributed by atoms with Gasteiger partial charge in [0.1, 0.15) is 11.5 Å². The SMILES string of the molecule is CC(=O)Nc1ccc(NC(=O)c2ccc(-c3c(-c4ccc(F)cc4)ncn3C3CCCC3)o2)cc1. The number of nitrogens with zero attached hydrogens (tertiary/aromatic N) is 2. The smallest absolute Gasteiger partial charge is 0.291 e. The van der Waals surface area contributed by atoms with Crippen LogP contribution in [0, 0.1) is 5.82 Å². The number of furan rings is 1. The summed E-state index contributed by atoms with van der Waals surface area (Å²) in [5, 5.41) is 5.50.